The minimum absolute atomic E-state index is 0.0162. The lowest BCUT2D eigenvalue weighted by Crippen LogP contribution is -2.34. The Morgan fingerprint density at radius 1 is 1.30 bits per heavy atom. The van der Waals surface area contributed by atoms with Gasteiger partial charge in [0.05, 0.1) is 0 Å². The number of halogens is 1. The number of carbonyl (C=O) groups is 1. The van der Waals surface area contributed by atoms with Gasteiger partial charge in [-0.05, 0) is 35.7 Å². The van der Waals surface area contributed by atoms with E-state index < -0.39 is 0 Å². The summed E-state index contributed by atoms with van der Waals surface area (Å²) in [5.74, 6) is 0.931. The van der Waals surface area contributed by atoms with Gasteiger partial charge in [0.25, 0.3) is 0 Å². The maximum absolute atomic E-state index is 12.7. The van der Waals surface area contributed by atoms with E-state index in [9.17, 15) is 4.79 Å². The molecule has 0 radical (unpaired) electrons. The van der Waals surface area contributed by atoms with Crippen molar-refractivity contribution in [2.24, 2.45) is 0 Å². The Hall–Kier alpha value is -1.65. The van der Waals surface area contributed by atoms with Crippen molar-refractivity contribution in [1.82, 2.24) is 4.90 Å². The van der Waals surface area contributed by atoms with Gasteiger partial charge in [-0.25, -0.2) is 4.79 Å². The van der Waals surface area contributed by atoms with Gasteiger partial charge in [-0.2, -0.15) is 0 Å². The Morgan fingerprint density at radius 3 is 2.91 bits per heavy atom. The lowest BCUT2D eigenvalue weighted by Gasteiger charge is -2.25. The second kappa shape index (κ2) is 7.28. The molecular formula is C18H19ClN2OS. The summed E-state index contributed by atoms with van der Waals surface area (Å²) in [7, 11) is 0. The van der Waals surface area contributed by atoms with Crippen LogP contribution >= 0.6 is 23.4 Å². The van der Waals surface area contributed by atoms with Crippen LogP contribution in [0.3, 0.4) is 0 Å². The Labute approximate surface area is 146 Å². The molecule has 1 N–H and O–H groups in total. The molecule has 0 spiro atoms. The van der Waals surface area contributed by atoms with Crippen molar-refractivity contribution in [2.45, 2.75) is 18.7 Å². The fourth-order valence-corrected chi connectivity index (χ4v) is 4.20. The highest BCUT2D eigenvalue weighted by Crippen LogP contribution is 2.38. The zero-order valence-electron chi connectivity index (χ0n) is 13.0. The van der Waals surface area contributed by atoms with Crippen LogP contribution in [0.5, 0.6) is 0 Å². The van der Waals surface area contributed by atoms with Gasteiger partial charge >= 0.3 is 6.03 Å². The van der Waals surface area contributed by atoms with Crippen LogP contribution in [-0.2, 0) is 6.42 Å². The number of hydrogen-bond acceptors (Lipinski definition) is 2. The number of nitrogens with one attached hydrogen (secondary N) is 1. The number of nitrogens with zero attached hydrogens (tertiary/aromatic N) is 1. The van der Waals surface area contributed by atoms with E-state index in [1.54, 1.807) is 11.8 Å². The van der Waals surface area contributed by atoms with Crippen molar-refractivity contribution in [3.63, 3.8) is 0 Å². The molecule has 2 amide bonds. The van der Waals surface area contributed by atoms with E-state index in [1.165, 1.54) is 0 Å². The van der Waals surface area contributed by atoms with Gasteiger partial charge in [0, 0.05) is 23.0 Å². The Morgan fingerprint density at radius 2 is 2.13 bits per heavy atom. The van der Waals surface area contributed by atoms with E-state index in [1.807, 2.05) is 53.4 Å². The molecule has 23 heavy (non-hydrogen) atoms. The van der Waals surface area contributed by atoms with Crippen LogP contribution in [0, 0.1) is 0 Å². The van der Waals surface area contributed by atoms with E-state index in [-0.39, 0.29) is 11.4 Å². The van der Waals surface area contributed by atoms with Crippen molar-refractivity contribution in [3.05, 3.63) is 64.7 Å². The average molecular weight is 347 g/mol. The molecule has 3 rings (SSSR count). The molecule has 1 heterocycles. The van der Waals surface area contributed by atoms with Crippen LogP contribution in [0.15, 0.2) is 48.5 Å². The zero-order chi connectivity index (χ0) is 16.2. The topological polar surface area (TPSA) is 32.3 Å². The number of benzene rings is 2. The molecule has 1 atom stereocenters. The second-order valence-corrected chi connectivity index (χ2v) is 7.04. The van der Waals surface area contributed by atoms with Crippen molar-refractivity contribution >= 4 is 35.1 Å². The minimum Gasteiger partial charge on any atom is -0.308 e. The van der Waals surface area contributed by atoms with Crippen molar-refractivity contribution in [2.75, 3.05) is 17.6 Å². The fraction of sp³-hybridized carbons (Fsp3) is 0.278. The molecule has 1 aliphatic rings. The highest BCUT2D eigenvalue weighted by molar-refractivity contribution is 7.99. The van der Waals surface area contributed by atoms with E-state index in [0.717, 1.165) is 35.5 Å². The first-order valence-corrected chi connectivity index (χ1v) is 9.14. The van der Waals surface area contributed by atoms with Crippen molar-refractivity contribution < 1.29 is 4.79 Å². The highest BCUT2D eigenvalue weighted by Gasteiger charge is 2.31. The summed E-state index contributed by atoms with van der Waals surface area (Å²) in [4.78, 5) is 14.6. The molecule has 120 valence electrons. The van der Waals surface area contributed by atoms with E-state index in [4.69, 9.17) is 11.6 Å². The number of para-hydroxylation sites is 1. The largest absolute Gasteiger partial charge is 0.323 e. The third kappa shape index (κ3) is 3.65. The second-order valence-electron chi connectivity index (χ2n) is 5.41. The Bertz CT molecular complexity index is 707. The fourth-order valence-electron chi connectivity index (χ4n) is 2.75. The summed E-state index contributed by atoms with van der Waals surface area (Å²) in [6.07, 6.45) is 0.892. The van der Waals surface area contributed by atoms with E-state index in [0.29, 0.717) is 5.02 Å². The summed E-state index contributed by atoms with van der Waals surface area (Å²) in [6, 6.07) is 15.6. The van der Waals surface area contributed by atoms with Gasteiger partial charge in [0.15, 0.2) is 0 Å². The molecule has 2 aromatic rings. The molecule has 3 nitrogen and oxygen atoms in total. The van der Waals surface area contributed by atoms with Crippen molar-refractivity contribution in [1.29, 1.82) is 0 Å². The maximum Gasteiger partial charge on any atom is 0.323 e. The Balaban J connectivity index is 1.78. The first-order valence-electron chi connectivity index (χ1n) is 7.71. The molecule has 0 aromatic heterocycles. The maximum atomic E-state index is 12.7. The standard InChI is InChI=1S/C18H19ClN2OS/c1-2-13-6-3-4-9-16(13)20-18(22)21-10-11-23-17(21)14-7-5-8-15(19)12-14/h3-9,12,17H,2,10-11H2,1H3,(H,20,22)/t17-/m1/s1. The molecule has 0 aliphatic carbocycles. The molecule has 2 aromatic carbocycles. The third-order valence-electron chi connectivity index (χ3n) is 3.93. The number of carbonyl (C=O) groups excluding carboxylic acids is 1. The van der Waals surface area contributed by atoms with Crippen LogP contribution in [0.2, 0.25) is 5.02 Å². The molecule has 1 aliphatic heterocycles. The summed E-state index contributed by atoms with van der Waals surface area (Å²) < 4.78 is 0. The number of anilines is 1. The molecule has 1 fully saturated rings. The van der Waals surface area contributed by atoms with Crippen LogP contribution in [-0.4, -0.2) is 23.2 Å². The molecule has 0 saturated carbocycles. The van der Waals surface area contributed by atoms with Gasteiger partial charge in [-0.1, -0.05) is 48.9 Å². The minimum atomic E-state index is -0.0547. The molecule has 0 bridgehead atoms. The monoisotopic (exact) mass is 346 g/mol. The van der Waals surface area contributed by atoms with Crippen molar-refractivity contribution in [3.8, 4) is 0 Å². The smallest absolute Gasteiger partial charge is 0.308 e. The number of hydrogen-bond donors (Lipinski definition) is 1. The van der Waals surface area contributed by atoms with E-state index in [2.05, 4.69) is 12.2 Å². The SMILES string of the molecule is CCc1ccccc1NC(=O)N1CCS[C@@H]1c1cccc(Cl)c1. The van der Waals surface area contributed by atoms with Gasteiger partial charge in [-0.3, -0.25) is 0 Å². The van der Waals surface area contributed by atoms with Crippen LogP contribution in [0.4, 0.5) is 10.5 Å². The number of aryl methyl sites for hydroxylation is 1. The Kier molecular flexibility index (Phi) is 5.13. The molecular weight excluding hydrogens is 328 g/mol. The van der Waals surface area contributed by atoms with Crippen LogP contribution in [0.25, 0.3) is 0 Å². The van der Waals surface area contributed by atoms with Crippen LogP contribution < -0.4 is 5.32 Å². The van der Waals surface area contributed by atoms with Gasteiger partial charge < -0.3 is 10.2 Å². The third-order valence-corrected chi connectivity index (χ3v) is 5.42. The summed E-state index contributed by atoms with van der Waals surface area (Å²) in [5, 5.41) is 3.78. The summed E-state index contributed by atoms with van der Waals surface area (Å²) in [5.41, 5.74) is 3.10. The number of rotatable bonds is 3. The van der Waals surface area contributed by atoms with E-state index >= 15 is 0 Å². The number of amides is 2. The quantitative estimate of drug-likeness (QED) is 0.830. The number of urea groups is 1. The van der Waals surface area contributed by atoms with Gasteiger partial charge in [0.2, 0.25) is 0 Å². The molecule has 0 unspecified atom stereocenters. The lowest BCUT2D eigenvalue weighted by molar-refractivity contribution is 0.214. The average Bonchev–Trinajstić information content (AvgIpc) is 3.05. The highest BCUT2D eigenvalue weighted by atomic mass is 35.5. The first kappa shape index (κ1) is 16.2. The lowest BCUT2D eigenvalue weighted by atomic mass is 10.1. The summed E-state index contributed by atoms with van der Waals surface area (Å²) in [6.45, 7) is 2.83. The molecule has 5 heteroatoms. The van der Waals surface area contributed by atoms with Gasteiger partial charge in [0.1, 0.15) is 5.37 Å². The normalized spacial score (nSPS) is 17.3. The van der Waals surface area contributed by atoms with Crippen LogP contribution in [0.1, 0.15) is 23.4 Å². The van der Waals surface area contributed by atoms with Gasteiger partial charge in [-0.15, -0.1) is 11.8 Å². The summed E-state index contributed by atoms with van der Waals surface area (Å²) >= 11 is 7.86. The number of thioether (sulfide) groups is 1. The predicted molar refractivity (Wildman–Crippen MR) is 98.2 cm³/mol. The first-order chi connectivity index (χ1) is 11.2. The zero-order valence-corrected chi connectivity index (χ0v) is 14.5. The molecule has 1 saturated heterocycles. The predicted octanol–water partition coefficient (Wildman–Crippen LogP) is 5.18.